The van der Waals surface area contributed by atoms with Gasteiger partial charge in [-0.15, -0.1) is 0 Å². The van der Waals surface area contributed by atoms with Crippen LogP contribution < -0.4 is 5.19 Å². The molecule has 182 valence electrons. The van der Waals surface area contributed by atoms with E-state index in [1.165, 1.54) is 35.7 Å². The molecule has 4 rings (SSSR count). The van der Waals surface area contributed by atoms with Gasteiger partial charge in [0.2, 0.25) is 8.32 Å². The van der Waals surface area contributed by atoms with Gasteiger partial charge in [-0.05, 0) is 71.1 Å². The summed E-state index contributed by atoms with van der Waals surface area (Å²) in [6.07, 6.45) is 5.88. The molecule has 0 aliphatic carbocycles. The Hall–Kier alpha value is -1.59. The highest BCUT2D eigenvalue weighted by Gasteiger charge is 2.50. The van der Waals surface area contributed by atoms with E-state index in [0.717, 1.165) is 35.6 Å². The number of halogens is 2. The normalized spacial score (nSPS) is 14.9. The van der Waals surface area contributed by atoms with Gasteiger partial charge in [0.15, 0.2) is 5.76 Å². The Morgan fingerprint density at radius 1 is 0.912 bits per heavy atom. The fraction of sp³-hybridized carbons (Fsp3) is 0.464. The van der Waals surface area contributed by atoms with E-state index in [4.69, 9.17) is 37.0 Å². The number of unbranched alkanes of at least 4 members (excludes halogenated alkanes) is 3. The summed E-state index contributed by atoms with van der Waals surface area (Å²) in [5.74, 6) is 1.52. The molecule has 0 saturated carbocycles. The highest BCUT2D eigenvalue weighted by molar-refractivity contribution is 6.90. The molecular formula is C28H35Cl2NO2Si. The van der Waals surface area contributed by atoms with Crippen molar-refractivity contribution in [2.45, 2.75) is 84.4 Å². The Morgan fingerprint density at radius 2 is 1.65 bits per heavy atom. The van der Waals surface area contributed by atoms with Crippen LogP contribution in [-0.2, 0) is 17.5 Å². The van der Waals surface area contributed by atoms with Crippen LogP contribution >= 0.6 is 23.2 Å². The SMILES string of the molecule is CCCCCCc1nc(-c2ccc(-c3ccc(Cl)c(Cl)c3)o2)cc2c1[Si](C(C)C)(C(C)C)OC2. The summed E-state index contributed by atoms with van der Waals surface area (Å²) < 4.78 is 13.0. The maximum atomic E-state index is 6.73. The first kappa shape index (κ1) is 25.5. The number of hydrogen-bond acceptors (Lipinski definition) is 3. The second-order valence-corrected chi connectivity index (χ2v) is 15.5. The van der Waals surface area contributed by atoms with Crippen LogP contribution in [0.15, 0.2) is 40.8 Å². The Labute approximate surface area is 215 Å². The fourth-order valence-electron chi connectivity index (χ4n) is 5.40. The second kappa shape index (κ2) is 10.6. The molecule has 34 heavy (non-hydrogen) atoms. The summed E-state index contributed by atoms with van der Waals surface area (Å²) in [5.41, 5.74) is 5.31. The standard InChI is InChI=1S/C28H35Cl2NO2Si/c1-6-7-8-9-10-24-28-21(17-32-34(28,18(2)3)19(4)5)16-25(31-24)27-14-13-26(33-27)20-11-12-22(29)23(30)15-20/h11-16,18-19H,6-10,17H2,1-5H3. The number of fused-ring (bicyclic) bond motifs is 1. The molecule has 0 bridgehead atoms. The number of nitrogens with zero attached hydrogens (tertiary/aromatic N) is 1. The van der Waals surface area contributed by atoms with Crippen LogP contribution in [-0.4, -0.2) is 13.3 Å². The average Bonchev–Trinajstić information content (AvgIpc) is 3.44. The van der Waals surface area contributed by atoms with E-state index in [0.29, 0.717) is 27.7 Å². The summed E-state index contributed by atoms with van der Waals surface area (Å²) in [4.78, 5) is 5.22. The molecular weight excluding hydrogens is 481 g/mol. The van der Waals surface area contributed by atoms with Crippen molar-refractivity contribution in [3.8, 4) is 22.8 Å². The van der Waals surface area contributed by atoms with E-state index in [9.17, 15) is 0 Å². The number of furan rings is 1. The summed E-state index contributed by atoms with van der Waals surface area (Å²) in [6, 6.07) is 11.7. The van der Waals surface area contributed by atoms with E-state index in [1.807, 2.05) is 24.3 Å². The zero-order chi connectivity index (χ0) is 24.5. The van der Waals surface area contributed by atoms with E-state index in [1.54, 1.807) is 6.07 Å². The van der Waals surface area contributed by atoms with Crippen molar-refractivity contribution in [2.24, 2.45) is 0 Å². The van der Waals surface area contributed by atoms with Gasteiger partial charge in [-0.2, -0.15) is 0 Å². The third kappa shape index (κ3) is 4.75. The van der Waals surface area contributed by atoms with E-state index in [2.05, 4.69) is 40.7 Å². The lowest BCUT2D eigenvalue weighted by Gasteiger charge is -2.35. The van der Waals surface area contributed by atoms with Crippen LogP contribution in [0.2, 0.25) is 21.1 Å². The van der Waals surface area contributed by atoms with Crippen molar-refractivity contribution >= 4 is 36.7 Å². The van der Waals surface area contributed by atoms with Crippen molar-refractivity contribution in [3.05, 3.63) is 57.7 Å². The summed E-state index contributed by atoms with van der Waals surface area (Å²) in [7, 11) is -2.12. The molecule has 6 heteroatoms. The Bertz CT molecular complexity index is 1150. The molecule has 0 unspecified atom stereocenters. The van der Waals surface area contributed by atoms with Gasteiger partial charge in [-0.25, -0.2) is 4.98 Å². The second-order valence-electron chi connectivity index (χ2n) is 9.98. The number of aryl methyl sites for hydroxylation is 1. The molecule has 0 radical (unpaired) electrons. The van der Waals surface area contributed by atoms with Crippen LogP contribution in [0.1, 0.15) is 71.6 Å². The maximum absolute atomic E-state index is 6.73. The third-order valence-electron chi connectivity index (χ3n) is 7.08. The van der Waals surface area contributed by atoms with Gasteiger partial charge in [0.25, 0.3) is 0 Å². The number of aromatic nitrogens is 1. The van der Waals surface area contributed by atoms with Crippen LogP contribution in [0.25, 0.3) is 22.8 Å². The molecule has 0 amide bonds. The number of rotatable bonds is 9. The third-order valence-corrected chi connectivity index (χ3v) is 13.3. The van der Waals surface area contributed by atoms with Crippen LogP contribution in [0.5, 0.6) is 0 Å². The lowest BCUT2D eigenvalue weighted by Crippen LogP contribution is -2.54. The van der Waals surface area contributed by atoms with Crippen molar-refractivity contribution < 1.29 is 8.84 Å². The first-order valence-corrected chi connectivity index (χ1v) is 15.3. The van der Waals surface area contributed by atoms with Gasteiger partial charge in [0.05, 0.1) is 16.7 Å². The molecule has 0 saturated heterocycles. The highest BCUT2D eigenvalue weighted by Crippen LogP contribution is 2.40. The van der Waals surface area contributed by atoms with E-state index in [-0.39, 0.29) is 0 Å². The average molecular weight is 517 g/mol. The molecule has 0 fully saturated rings. The number of pyridine rings is 1. The molecule has 3 nitrogen and oxygen atoms in total. The van der Waals surface area contributed by atoms with Crippen molar-refractivity contribution in [3.63, 3.8) is 0 Å². The van der Waals surface area contributed by atoms with Gasteiger partial charge >= 0.3 is 0 Å². The van der Waals surface area contributed by atoms with E-state index < -0.39 is 8.32 Å². The Balaban J connectivity index is 1.75. The number of hydrogen-bond donors (Lipinski definition) is 0. The molecule has 2 aromatic heterocycles. The minimum atomic E-state index is -2.12. The minimum Gasteiger partial charge on any atom is -0.454 e. The van der Waals surface area contributed by atoms with Crippen molar-refractivity contribution in [2.75, 3.05) is 0 Å². The zero-order valence-corrected chi connectivity index (χ0v) is 23.4. The maximum Gasteiger partial charge on any atom is 0.231 e. The lowest BCUT2D eigenvalue weighted by atomic mass is 10.1. The molecule has 3 aromatic rings. The van der Waals surface area contributed by atoms with Crippen molar-refractivity contribution in [1.29, 1.82) is 0 Å². The van der Waals surface area contributed by atoms with Crippen LogP contribution in [0.3, 0.4) is 0 Å². The highest BCUT2D eigenvalue weighted by atomic mass is 35.5. The smallest absolute Gasteiger partial charge is 0.231 e. The monoisotopic (exact) mass is 515 g/mol. The van der Waals surface area contributed by atoms with Gasteiger partial charge in [-0.1, -0.05) is 77.1 Å². The summed E-state index contributed by atoms with van der Waals surface area (Å²) >= 11 is 12.3. The van der Waals surface area contributed by atoms with Gasteiger partial charge in [0.1, 0.15) is 11.5 Å². The molecule has 0 spiro atoms. The van der Waals surface area contributed by atoms with Crippen LogP contribution in [0, 0.1) is 0 Å². The Morgan fingerprint density at radius 3 is 2.32 bits per heavy atom. The first-order valence-electron chi connectivity index (χ1n) is 12.5. The van der Waals surface area contributed by atoms with Crippen LogP contribution in [0.4, 0.5) is 0 Å². The topological polar surface area (TPSA) is 35.3 Å². The molecule has 0 atom stereocenters. The zero-order valence-electron chi connectivity index (χ0n) is 20.9. The fourth-order valence-corrected chi connectivity index (χ4v) is 10.7. The molecule has 1 aromatic carbocycles. The largest absolute Gasteiger partial charge is 0.454 e. The van der Waals surface area contributed by atoms with Gasteiger partial charge in [-0.3, -0.25) is 0 Å². The summed E-state index contributed by atoms with van der Waals surface area (Å²) in [5, 5.41) is 2.50. The quantitative estimate of drug-likeness (QED) is 0.210. The lowest BCUT2D eigenvalue weighted by molar-refractivity contribution is 0.299. The molecule has 1 aliphatic heterocycles. The van der Waals surface area contributed by atoms with E-state index >= 15 is 0 Å². The minimum absolute atomic E-state index is 0.501. The van der Waals surface area contributed by atoms with Gasteiger partial charge < -0.3 is 8.84 Å². The molecule has 3 heterocycles. The Kier molecular flexibility index (Phi) is 7.93. The predicted octanol–water partition coefficient (Wildman–Crippen LogP) is 8.94. The summed E-state index contributed by atoms with van der Waals surface area (Å²) in [6.45, 7) is 12.2. The van der Waals surface area contributed by atoms with Gasteiger partial charge in [0, 0.05) is 11.3 Å². The predicted molar refractivity (Wildman–Crippen MR) is 146 cm³/mol. The number of benzene rings is 1. The molecule has 1 aliphatic rings. The first-order chi connectivity index (χ1) is 16.3. The van der Waals surface area contributed by atoms with Crippen molar-refractivity contribution in [1.82, 2.24) is 4.98 Å². The molecule has 0 N–H and O–H groups in total.